The van der Waals surface area contributed by atoms with Crippen molar-refractivity contribution in [2.45, 2.75) is 32.1 Å². The summed E-state index contributed by atoms with van der Waals surface area (Å²) in [7, 11) is 0. The molecule has 0 unspecified atom stereocenters. The van der Waals surface area contributed by atoms with Crippen LogP contribution in [0.3, 0.4) is 0 Å². The Bertz CT molecular complexity index is 1110. The number of hydrogen-bond donors (Lipinski definition) is 2. The first-order valence-corrected chi connectivity index (χ1v) is 11.7. The van der Waals surface area contributed by atoms with Crippen LogP contribution in [0.25, 0.3) is 0 Å². The van der Waals surface area contributed by atoms with Gasteiger partial charge in [-0.3, -0.25) is 9.59 Å². The van der Waals surface area contributed by atoms with Gasteiger partial charge in [0.1, 0.15) is 19.3 Å². The van der Waals surface area contributed by atoms with E-state index in [4.69, 9.17) is 19.9 Å². The van der Waals surface area contributed by atoms with Gasteiger partial charge in [-0.2, -0.15) is 0 Å². The first kappa shape index (κ1) is 24.3. The number of amides is 2. The molecule has 0 aliphatic carbocycles. The summed E-state index contributed by atoms with van der Waals surface area (Å²) >= 11 is 0. The van der Waals surface area contributed by atoms with E-state index in [1.807, 2.05) is 78.9 Å². The van der Waals surface area contributed by atoms with E-state index in [0.29, 0.717) is 44.3 Å². The Balaban J connectivity index is 1.49. The molecule has 7 heteroatoms. The van der Waals surface area contributed by atoms with E-state index in [9.17, 15) is 9.59 Å². The Morgan fingerprint density at radius 3 is 2.09 bits per heavy atom. The lowest BCUT2D eigenvalue weighted by Gasteiger charge is -2.19. The molecule has 3 N–H and O–H groups in total. The van der Waals surface area contributed by atoms with Crippen molar-refractivity contribution in [1.29, 1.82) is 0 Å². The second kappa shape index (κ2) is 12.0. The number of primary amides is 1. The maximum absolute atomic E-state index is 12.5. The molecule has 182 valence electrons. The fraction of sp³-hybridized carbons (Fsp3) is 0.286. The van der Waals surface area contributed by atoms with Gasteiger partial charge < -0.3 is 25.3 Å². The highest BCUT2D eigenvalue weighted by atomic mass is 16.5. The van der Waals surface area contributed by atoms with Crippen LogP contribution in [0.4, 0.5) is 0 Å². The van der Waals surface area contributed by atoms with Crippen LogP contribution in [0.1, 0.15) is 23.1 Å². The third-order valence-electron chi connectivity index (χ3n) is 5.88. The highest BCUT2D eigenvalue weighted by molar-refractivity contribution is 5.88. The summed E-state index contributed by atoms with van der Waals surface area (Å²) in [5.41, 5.74) is 8.46. The lowest BCUT2D eigenvalue weighted by atomic mass is 10.0. The van der Waals surface area contributed by atoms with Gasteiger partial charge in [0.25, 0.3) is 0 Å². The summed E-state index contributed by atoms with van der Waals surface area (Å²) < 4.78 is 17.4. The van der Waals surface area contributed by atoms with Gasteiger partial charge in [-0.25, -0.2) is 0 Å². The molecule has 0 radical (unpaired) electrons. The van der Waals surface area contributed by atoms with E-state index in [2.05, 4.69) is 5.32 Å². The molecule has 7 nitrogen and oxygen atoms in total. The van der Waals surface area contributed by atoms with Crippen molar-refractivity contribution in [2.24, 2.45) is 11.7 Å². The van der Waals surface area contributed by atoms with Crippen molar-refractivity contribution in [1.82, 2.24) is 5.32 Å². The fourth-order valence-electron chi connectivity index (χ4n) is 3.87. The van der Waals surface area contributed by atoms with Gasteiger partial charge in [-0.15, -0.1) is 0 Å². The fourth-order valence-corrected chi connectivity index (χ4v) is 3.87. The van der Waals surface area contributed by atoms with Gasteiger partial charge >= 0.3 is 0 Å². The van der Waals surface area contributed by atoms with Crippen molar-refractivity contribution in [2.75, 3.05) is 13.2 Å². The number of carbonyl (C=O) groups excluding carboxylic acids is 2. The maximum Gasteiger partial charge on any atom is 0.240 e. The van der Waals surface area contributed by atoms with Crippen LogP contribution in [0.15, 0.2) is 78.9 Å². The SMILES string of the molecule is NC(=O)[C@@H](Cc1ccc(OCc2ccccc2)c(OCc2ccccc2)c1)NC(=O)[C@H]1CCOC1. The van der Waals surface area contributed by atoms with Crippen LogP contribution in [0, 0.1) is 5.92 Å². The smallest absolute Gasteiger partial charge is 0.240 e. The molecule has 3 aromatic carbocycles. The molecule has 2 amide bonds. The molecule has 1 fully saturated rings. The third kappa shape index (κ3) is 7.07. The molecule has 3 aromatic rings. The number of carbonyl (C=O) groups is 2. The van der Waals surface area contributed by atoms with Crippen LogP contribution in [0.5, 0.6) is 11.5 Å². The Morgan fingerprint density at radius 1 is 0.886 bits per heavy atom. The summed E-state index contributed by atoms with van der Waals surface area (Å²) in [4.78, 5) is 24.6. The third-order valence-corrected chi connectivity index (χ3v) is 5.88. The van der Waals surface area contributed by atoms with Gasteiger partial charge in [0, 0.05) is 13.0 Å². The van der Waals surface area contributed by atoms with Crippen LogP contribution in [-0.2, 0) is 34.0 Å². The standard InChI is InChI=1S/C28H30N2O5/c29-27(31)24(30-28(32)23-13-14-33-19-23)15-22-11-12-25(34-17-20-7-3-1-4-8-20)26(16-22)35-18-21-9-5-2-6-10-21/h1-12,16,23-24H,13-15,17-19H2,(H2,29,31)(H,30,32)/t23-,24+/m0/s1. The van der Waals surface area contributed by atoms with Crippen molar-refractivity contribution in [3.63, 3.8) is 0 Å². The van der Waals surface area contributed by atoms with Crippen LogP contribution >= 0.6 is 0 Å². The molecule has 1 saturated heterocycles. The molecule has 0 bridgehead atoms. The number of hydrogen-bond acceptors (Lipinski definition) is 5. The number of nitrogens with one attached hydrogen (secondary N) is 1. The summed E-state index contributed by atoms with van der Waals surface area (Å²) in [6, 6.07) is 24.4. The van der Waals surface area contributed by atoms with E-state index < -0.39 is 11.9 Å². The molecule has 1 aliphatic rings. The van der Waals surface area contributed by atoms with Gasteiger partial charge in [0.2, 0.25) is 11.8 Å². The number of ether oxygens (including phenoxy) is 3. The zero-order valence-electron chi connectivity index (χ0n) is 19.5. The average molecular weight is 475 g/mol. The second-order valence-electron chi connectivity index (χ2n) is 8.56. The first-order chi connectivity index (χ1) is 17.1. The summed E-state index contributed by atoms with van der Waals surface area (Å²) in [5.74, 6) is 0.0933. The molecule has 2 atom stereocenters. The summed E-state index contributed by atoms with van der Waals surface area (Å²) in [6.45, 7) is 1.67. The molecule has 0 spiro atoms. The quantitative estimate of drug-likeness (QED) is 0.444. The van der Waals surface area contributed by atoms with Gasteiger partial charge in [0.15, 0.2) is 11.5 Å². The molecular formula is C28H30N2O5. The Labute approximate surface area is 205 Å². The van der Waals surface area contributed by atoms with E-state index in [0.717, 1.165) is 16.7 Å². The van der Waals surface area contributed by atoms with E-state index >= 15 is 0 Å². The molecule has 1 heterocycles. The topological polar surface area (TPSA) is 99.9 Å². The monoisotopic (exact) mass is 474 g/mol. The minimum absolute atomic E-state index is 0.213. The number of rotatable bonds is 11. The Kier molecular flexibility index (Phi) is 8.35. The largest absolute Gasteiger partial charge is 0.485 e. The highest BCUT2D eigenvalue weighted by Crippen LogP contribution is 2.30. The van der Waals surface area contributed by atoms with Crippen LogP contribution in [-0.4, -0.2) is 31.1 Å². The predicted octanol–water partition coefficient (Wildman–Crippen LogP) is 3.39. The zero-order chi connectivity index (χ0) is 24.5. The molecule has 0 aromatic heterocycles. The highest BCUT2D eigenvalue weighted by Gasteiger charge is 2.27. The number of benzene rings is 3. The minimum Gasteiger partial charge on any atom is -0.485 e. The zero-order valence-corrected chi connectivity index (χ0v) is 19.5. The predicted molar refractivity (Wildman–Crippen MR) is 132 cm³/mol. The van der Waals surface area contributed by atoms with E-state index in [1.54, 1.807) is 0 Å². The van der Waals surface area contributed by atoms with E-state index in [1.165, 1.54) is 0 Å². The average Bonchev–Trinajstić information content (AvgIpc) is 3.43. The molecule has 1 aliphatic heterocycles. The van der Waals surface area contributed by atoms with Crippen molar-refractivity contribution in [3.8, 4) is 11.5 Å². The van der Waals surface area contributed by atoms with Crippen molar-refractivity contribution < 1.29 is 23.8 Å². The van der Waals surface area contributed by atoms with Crippen LogP contribution < -0.4 is 20.5 Å². The van der Waals surface area contributed by atoms with Gasteiger partial charge in [-0.1, -0.05) is 66.7 Å². The lowest BCUT2D eigenvalue weighted by Crippen LogP contribution is -2.48. The van der Waals surface area contributed by atoms with E-state index in [-0.39, 0.29) is 18.2 Å². The molecule has 35 heavy (non-hydrogen) atoms. The number of nitrogens with two attached hydrogens (primary N) is 1. The van der Waals surface area contributed by atoms with Crippen molar-refractivity contribution >= 4 is 11.8 Å². The maximum atomic E-state index is 12.5. The molecular weight excluding hydrogens is 444 g/mol. The summed E-state index contributed by atoms with van der Waals surface area (Å²) in [6.07, 6.45) is 0.886. The molecule has 0 saturated carbocycles. The van der Waals surface area contributed by atoms with Crippen molar-refractivity contribution in [3.05, 3.63) is 95.6 Å². The normalized spacial score (nSPS) is 15.8. The second-order valence-corrected chi connectivity index (χ2v) is 8.56. The Morgan fingerprint density at radius 2 is 1.51 bits per heavy atom. The Hall–Kier alpha value is -3.84. The van der Waals surface area contributed by atoms with Gasteiger partial charge in [0.05, 0.1) is 12.5 Å². The molecule has 4 rings (SSSR count). The van der Waals surface area contributed by atoms with Crippen LogP contribution in [0.2, 0.25) is 0 Å². The first-order valence-electron chi connectivity index (χ1n) is 11.7. The van der Waals surface area contributed by atoms with Gasteiger partial charge in [-0.05, 0) is 35.2 Å². The lowest BCUT2D eigenvalue weighted by molar-refractivity contribution is -0.129. The minimum atomic E-state index is -0.832. The summed E-state index contributed by atoms with van der Waals surface area (Å²) in [5, 5.41) is 2.78.